The quantitative estimate of drug-likeness (QED) is 0.505. The van der Waals surface area contributed by atoms with E-state index in [4.69, 9.17) is 0 Å². The number of rotatable bonds is 3. The summed E-state index contributed by atoms with van der Waals surface area (Å²) in [7, 11) is 0. The molecule has 0 radical (unpaired) electrons. The van der Waals surface area contributed by atoms with E-state index < -0.39 is 5.97 Å². The summed E-state index contributed by atoms with van der Waals surface area (Å²) in [5.41, 5.74) is 0.911. The number of hydrogen-bond acceptors (Lipinski definition) is 2. The predicted molar refractivity (Wildman–Crippen MR) is 49.6 cm³/mol. The Hall–Kier alpha value is -1.83. The fourth-order valence-electron chi connectivity index (χ4n) is 0.829. The van der Waals surface area contributed by atoms with E-state index >= 15 is 0 Å². The van der Waals surface area contributed by atoms with Crippen molar-refractivity contribution in [2.45, 2.75) is 0 Å². The molecule has 0 N–H and O–H groups in total. The van der Waals surface area contributed by atoms with Crippen molar-refractivity contribution in [3.05, 3.63) is 54.1 Å². The van der Waals surface area contributed by atoms with Gasteiger partial charge in [0.15, 0.2) is 0 Å². The Morgan fingerprint density at radius 1 is 1.31 bits per heavy atom. The zero-order chi connectivity index (χ0) is 9.68. The number of carbonyl (C=O) groups excluding carboxylic acids is 1. The van der Waals surface area contributed by atoms with Gasteiger partial charge in [-0.05, 0) is 11.1 Å². The summed E-state index contributed by atoms with van der Waals surface area (Å²) in [4.78, 5) is 10.3. The molecule has 1 aromatic rings. The van der Waals surface area contributed by atoms with Gasteiger partial charge in [-0.1, -0.05) is 49.1 Å². The van der Waals surface area contributed by atoms with Crippen LogP contribution in [0.15, 0.2) is 48.6 Å². The maximum atomic E-state index is 10.3. The third-order valence-electron chi connectivity index (χ3n) is 1.54. The van der Waals surface area contributed by atoms with Gasteiger partial charge >= 0.3 is 0 Å². The molecule has 0 saturated heterocycles. The van der Waals surface area contributed by atoms with Gasteiger partial charge < -0.3 is 9.90 Å². The van der Waals surface area contributed by atoms with Crippen LogP contribution in [0.2, 0.25) is 0 Å². The molecule has 0 heterocycles. The number of carbonyl (C=O) groups is 1. The van der Waals surface area contributed by atoms with Crippen LogP contribution < -0.4 is 5.11 Å². The summed E-state index contributed by atoms with van der Waals surface area (Å²) in [6, 6.07) is 9.39. The summed E-state index contributed by atoms with van der Waals surface area (Å²) in [6.45, 7) is 3.32. The lowest BCUT2D eigenvalue weighted by Gasteiger charge is -1.98. The molecule has 0 saturated carbocycles. The molecule has 0 unspecified atom stereocenters. The van der Waals surface area contributed by atoms with Gasteiger partial charge in [-0.2, -0.15) is 0 Å². The largest absolute Gasteiger partial charge is 0.545 e. The van der Waals surface area contributed by atoms with E-state index in [2.05, 4.69) is 6.58 Å². The lowest BCUT2D eigenvalue weighted by atomic mass is 10.2. The van der Waals surface area contributed by atoms with E-state index in [-0.39, 0.29) is 5.57 Å². The summed E-state index contributed by atoms with van der Waals surface area (Å²) in [5.74, 6) is -1.24. The molecular formula is C11H9O2-. The highest BCUT2D eigenvalue weighted by molar-refractivity contribution is 5.88. The second kappa shape index (κ2) is 4.26. The number of carboxylic acids is 1. The average molecular weight is 173 g/mol. The van der Waals surface area contributed by atoms with Gasteiger partial charge in [-0.25, -0.2) is 0 Å². The first-order valence-electron chi connectivity index (χ1n) is 3.83. The molecule has 0 aliphatic carbocycles. The van der Waals surface area contributed by atoms with Crippen LogP contribution in [0.4, 0.5) is 0 Å². The molecule has 0 spiro atoms. The third-order valence-corrected chi connectivity index (χ3v) is 1.54. The molecule has 2 nitrogen and oxygen atoms in total. The molecule has 0 aliphatic rings. The minimum atomic E-state index is -1.24. The van der Waals surface area contributed by atoms with Crippen molar-refractivity contribution >= 4 is 12.0 Å². The Morgan fingerprint density at radius 2 is 1.92 bits per heavy atom. The summed E-state index contributed by atoms with van der Waals surface area (Å²) in [6.07, 6.45) is 3.10. The van der Waals surface area contributed by atoms with Crippen LogP contribution in [0.1, 0.15) is 5.56 Å². The third kappa shape index (κ3) is 2.95. The van der Waals surface area contributed by atoms with Crippen molar-refractivity contribution in [2.24, 2.45) is 0 Å². The van der Waals surface area contributed by atoms with Gasteiger partial charge in [0, 0.05) is 0 Å². The number of aliphatic carboxylic acids is 1. The van der Waals surface area contributed by atoms with Crippen LogP contribution in [-0.4, -0.2) is 5.97 Å². The standard InChI is InChI=1S/C11H10O2/c1-9(11(12)13)7-8-10-5-3-2-4-6-10/h2-8H,1H2,(H,12,13)/p-1/b8-7+. The molecule has 0 atom stereocenters. The molecule has 1 aromatic carbocycles. The topological polar surface area (TPSA) is 40.1 Å². The van der Waals surface area contributed by atoms with Gasteiger partial charge in [-0.15, -0.1) is 0 Å². The Bertz CT molecular complexity index is 336. The molecule has 0 aromatic heterocycles. The van der Waals surface area contributed by atoms with Crippen molar-refractivity contribution in [3.63, 3.8) is 0 Å². The van der Waals surface area contributed by atoms with Crippen molar-refractivity contribution in [2.75, 3.05) is 0 Å². The Labute approximate surface area is 76.8 Å². The number of carboxylic acid groups (broad SMARTS) is 1. The molecule has 0 amide bonds. The van der Waals surface area contributed by atoms with Crippen LogP contribution in [0.5, 0.6) is 0 Å². The van der Waals surface area contributed by atoms with E-state index in [1.807, 2.05) is 30.3 Å². The van der Waals surface area contributed by atoms with Crippen molar-refractivity contribution < 1.29 is 9.90 Å². The molecule has 0 aliphatic heterocycles. The highest BCUT2D eigenvalue weighted by atomic mass is 16.4. The smallest absolute Gasteiger partial charge is 0.0709 e. The maximum absolute atomic E-state index is 10.3. The predicted octanol–water partition coefficient (Wildman–Crippen LogP) is 1.01. The second-order valence-electron chi connectivity index (χ2n) is 2.56. The Kier molecular flexibility index (Phi) is 3.03. The molecule has 1 rings (SSSR count). The monoisotopic (exact) mass is 173 g/mol. The first-order chi connectivity index (χ1) is 6.20. The maximum Gasteiger partial charge on any atom is 0.0709 e. The minimum absolute atomic E-state index is 0.0242. The normalized spacial score (nSPS) is 10.2. The summed E-state index contributed by atoms with van der Waals surface area (Å²) in [5, 5.41) is 10.3. The Balaban J connectivity index is 2.70. The Morgan fingerprint density at radius 3 is 2.46 bits per heavy atom. The van der Waals surface area contributed by atoms with Crippen LogP contribution >= 0.6 is 0 Å². The van der Waals surface area contributed by atoms with E-state index in [0.29, 0.717) is 0 Å². The fourth-order valence-corrected chi connectivity index (χ4v) is 0.829. The molecular weight excluding hydrogens is 164 g/mol. The molecule has 13 heavy (non-hydrogen) atoms. The van der Waals surface area contributed by atoms with Crippen molar-refractivity contribution in [1.29, 1.82) is 0 Å². The van der Waals surface area contributed by atoms with Gasteiger partial charge in [0.1, 0.15) is 0 Å². The lowest BCUT2D eigenvalue weighted by molar-refractivity contribution is -0.298. The van der Waals surface area contributed by atoms with Crippen molar-refractivity contribution in [1.82, 2.24) is 0 Å². The van der Waals surface area contributed by atoms with Crippen LogP contribution in [0, 0.1) is 0 Å². The number of hydrogen-bond donors (Lipinski definition) is 0. The van der Waals surface area contributed by atoms with E-state index in [1.54, 1.807) is 6.08 Å². The first kappa shape index (κ1) is 9.26. The summed E-state index contributed by atoms with van der Waals surface area (Å²) < 4.78 is 0. The van der Waals surface area contributed by atoms with Gasteiger partial charge in [0.25, 0.3) is 0 Å². The second-order valence-corrected chi connectivity index (χ2v) is 2.56. The number of benzene rings is 1. The van der Waals surface area contributed by atoms with E-state index in [1.165, 1.54) is 6.08 Å². The van der Waals surface area contributed by atoms with E-state index in [9.17, 15) is 9.90 Å². The van der Waals surface area contributed by atoms with Gasteiger partial charge in [0.2, 0.25) is 0 Å². The van der Waals surface area contributed by atoms with Gasteiger partial charge in [0.05, 0.1) is 5.97 Å². The van der Waals surface area contributed by atoms with Crippen LogP contribution in [0.3, 0.4) is 0 Å². The molecule has 0 fully saturated rings. The zero-order valence-electron chi connectivity index (χ0n) is 7.07. The van der Waals surface area contributed by atoms with Crippen LogP contribution in [0.25, 0.3) is 6.08 Å². The molecule has 2 heteroatoms. The summed E-state index contributed by atoms with van der Waals surface area (Å²) >= 11 is 0. The molecule has 66 valence electrons. The van der Waals surface area contributed by atoms with E-state index in [0.717, 1.165) is 5.56 Å². The highest BCUT2D eigenvalue weighted by Crippen LogP contribution is 2.03. The molecule has 0 bridgehead atoms. The first-order valence-corrected chi connectivity index (χ1v) is 3.83. The van der Waals surface area contributed by atoms with Crippen LogP contribution in [-0.2, 0) is 4.79 Å². The fraction of sp³-hybridized carbons (Fsp3) is 0. The highest BCUT2D eigenvalue weighted by Gasteiger charge is 1.87. The average Bonchev–Trinajstić information content (AvgIpc) is 2.15. The van der Waals surface area contributed by atoms with Gasteiger partial charge in [-0.3, -0.25) is 0 Å². The zero-order valence-corrected chi connectivity index (χ0v) is 7.07. The minimum Gasteiger partial charge on any atom is -0.545 e. The van der Waals surface area contributed by atoms with Crippen molar-refractivity contribution in [3.8, 4) is 0 Å². The lowest BCUT2D eigenvalue weighted by Crippen LogP contribution is -2.22. The SMILES string of the molecule is C=C(/C=C/c1ccccc1)C(=O)[O-].